The number of anilines is 1. The van der Waals surface area contributed by atoms with E-state index >= 15 is 0 Å². The Morgan fingerprint density at radius 2 is 1.65 bits per heavy atom. The number of nitrogens with zero attached hydrogens (tertiary/aromatic N) is 2. The molecule has 0 heterocycles. The van der Waals surface area contributed by atoms with Gasteiger partial charge >= 0.3 is 0 Å². The smallest absolute Gasteiger partial charge is 0.264 e. The largest absolute Gasteiger partial charge is 0.495 e. The molecule has 0 aliphatic carbocycles. The second-order valence-electron chi connectivity index (χ2n) is 9.64. The van der Waals surface area contributed by atoms with Crippen LogP contribution in [0.3, 0.4) is 0 Å². The van der Waals surface area contributed by atoms with E-state index in [1.807, 2.05) is 13.8 Å². The monoisotopic (exact) mass is 569 g/mol. The topological polar surface area (TPSA) is 96.0 Å². The molecule has 2 amide bonds. The lowest BCUT2D eigenvalue weighted by atomic mass is 10.1. The molecule has 0 aliphatic rings. The van der Waals surface area contributed by atoms with Gasteiger partial charge in [0.15, 0.2) is 0 Å². The summed E-state index contributed by atoms with van der Waals surface area (Å²) in [6.07, 6.45) is 0.695. The lowest BCUT2D eigenvalue weighted by molar-refractivity contribution is -0.139. The number of aryl methyl sites for hydroxylation is 1. The fourth-order valence-electron chi connectivity index (χ4n) is 4.06. The molecule has 0 radical (unpaired) electrons. The number of benzene rings is 3. The Balaban J connectivity index is 2.08. The SMILES string of the molecule is CC[C@@H](C)NC(=O)[C@H](C)N(Cc1ccc(F)cc1)C(=O)CN(c1cc(C)ccc1OC)S(=O)(=O)c1ccccc1. The van der Waals surface area contributed by atoms with Crippen LogP contribution in [0.5, 0.6) is 5.75 Å². The highest BCUT2D eigenvalue weighted by Gasteiger charge is 2.34. The molecule has 0 bridgehead atoms. The van der Waals surface area contributed by atoms with Gasteiger partial charge < -0.3 is 15.0 Å². The fourth-order valence-corrected chi connectivity index (χ4v) is 5.50. The fraction of sp³-hybridized carbons (Fsp3) is 0.333. The molecule has 0 saturated carbocycles. The summed E-state index contributed by atoms with van der Waals surface area (Å²) in [5.74, 6) is -1.16. The van der Waals surface area contributed by atoms with E-state index in [-0.39, 0.29) is 34.8 Å². The highest BCUT2D eigenvalue weighted by Crippen LogP contribution is 2.33. The van der Waals surface area contributed by atoms with Crippen LogP contribution in [-0.4, -0.2) is 50.9 Å². The summed E-state index contributed by atoms with van der Waals surface area (Å²) in [5.41, 5.74) is 1.54. The minimum Gasteiger partial charge on any atom is -0.495 e. The van der Waals surface area contributed by atoms with E-state index in [0.717, 1.165) is 9.87 Å². The van der Waals surface area contributed by atoms with Crippen LogP contribution in [0.1, 0.15) is 38.3 Å². The molecule has 0 saturated heterocycles. The Labute approximate surface area is 235 Å². The maximum absolute atomic E-state index is 14.0. The van der Waals surface area contributed by atoms with Crippen LogP contribution in [0.4, 0.5) is 10.1 Å². The van der Waals surface area contributed by atoms with Gasteiger partial charge in [-0.15, -0.1) is 0 Å². The van der Waals surface area contributed by atoms with Crippen molar-refractivity contribution < 1.29 is 27.1 Å². The average molecular weight is 570 g/mol. The maximum Gasteiger partial charge on any atom is 0.264 e. The van der Waals surface area contributed by atoms with Crippen molar-refractivity contribution >= 4 is 27.5 Å². The summed E-state index contributed by atoms with van der Waals surface area (Å²) in [7, 11) is -2.80. The number of ether oxygens (including phenoxy) is 1. The summed E-state index contributed by atoms with van der Waals surface area (Å²) in [6.45, 7) is 6.55. The lowest BCUT2D eigenvalue weighted by Crippen LogP contribution is -2.52. The first-order valence-corrected chi connectivity index (χ1v) is 14.5. The zero-order valence-corrected chi connectivity index (χ0v) is 24.2. The first-order chi connectivity index (χ1) is 19.0. The van der Waals surface area contributed by atoms with Gasteiger partial charge in [-0.25, -0.2) is 12.8 Å². The molecule has 0 aliphatic heterocycles. The Morgan fingerprint density at radius 3 is 2.25 bits per heavy atom. The zero-order chi connectivity index (χ0) is 29.4. The van der Waals surface area contributed by atoms with Crippen molar-refractivity contribution in [2.24, 2.45) is 0 Å². The minimum atomic E-state index is -4.22. The quantitative estimate of drug-likeness (QED) is 0.342. The molecular weight excluding hydrogens is 533 g/mol. The summed E-state index contributed by atoms with van der Waals surface area (Å²) < 4.78 is 47.9. The number of halogens is 1. The first kappa shape index (κ1) is 30.6. The molecule has 0 fully saturated rings. The van der Waals surface area contributed by atoms with Crippen LogP contribution in [0, 0.1) is 12.7 Å². The predicted octanol–water partition coefficient (Wildman–Crippen LogP) is 4.67. The van der Waals surface area contributed by atoms with Gasteiger partial charge in [-0.2, -0.15) is 0 Å². The maximum atomic E-state index is 14.0. The molecule has 0 unspecified atom stereocenters. The van der Waals surface area contributed by atoms with Gasteiger partial charge in [0.05, 0.1) is 17.7 Å². The molecule has 0 spiro atoms. The standard InChI is InChI=1S/C30H36FN3O5S/c1-6-22(3)32-30(36)23(4)33(19-24-13-15-25(31)16-14-24)29(35)20-34(27-18-21(2)12-17-28(27)39-5)40(37,38)26-10-8-7-9-11-26/h7-18,22-23H,6,19-20H2,1-5H3,(H,32,36)/t22-,23+/m1/s1. The molecule has 0 aromatic heterocycles. The van der Waals surface area contributed by atoms with Crippen LogP contribution >= 0.6 is 0 Å². The molecule has 40 heavy (non-hydrogen) atoms. The molecule has 3 aromatic carbocycles. The van der Waals surface area contributed by atoms with Crippen LogP contribution in [0.25, 0.3) is 0 Å². The second kappa shape index (κ2) is 13.4. The molecule has 214 valence electrons. The molecule has 10 heteroatoms. The van der Waals surface area contributed by atoms with Gasteiger partial charge in [0.2, 0.25) is 11.8 Å². The Kier molecular flexibility index (Phi) is 10.3. The summed E-state index contributed by atoms with van der Waals surface area (Å²) in [6, 6.07) is 17.4. The summed E-state index contributed by atoms with van der Waals surface area (Å²) >= 11 is 0. The number of sulfonamides is 1. The third-order valence-electron chi connectivity index (χ3n) is 6.65. The Morgan fingerprint density at radius 1 is 1.00 bits per heavy atom. The van der Waals surface area contributed by atoms with E-state index in [1.54, 1.807) is 50.2 Å². The highest BCUT2D eigenvalue weighted by atomic mass is 32.2. The van der Waals surface area contributed by atoms with Crippen molar-refractivity contribution in [3.8, 4) is 5.75 Å². The highest BCUT2D eigenvalue weighted by molar-refractivity contribution is 7.92. The third-order valence-corrected chi connectivity index (χ3v) is 8.42. The van der Waals surface area contributed by atoms with Crippen LogP contribution in [-0.2, 0) is 26.2 Å². The second-order valence-corrected chi connectivity index (χ2v) is 11.5. The van der Waals surface area contributed by atoms with Gasteiger partial charge in [-0.3, -0.25) is 13.9 Å². The van der Waals surface area contributed by atoms with Crippen molar-refractivity contribution in [1.82, 2.24) is 10.2 Å². The third kappa shape index (κ3) is 7.38. The molecule has 8 nitrogen and oxygen atoms in total. The lowest BCUT2D eigenvalue weighted by Gasteiger charge is -2.33. The number of carbonyl (C=O) groups excluding carboxylic acids is 2. The molecule has 1 N–H and O–H groups in total. The number of hydrogen-bond donors (Lipinski definition) is 1. The predicted molar refractivity (Wildman–Crippen MR) is 153 cm³/mol. The van der Waals surface area contributed by atoms with E-state index in [1.165, 1.54) is 48.4 Å². The van der Waals surface area contributed by atoms with Crippen LogP contribution < -0.4 is 14.4 Å². The van der Waals surface area contributed by atoms with E-state index < -0.39 is 34.3 Å². The molecule has 2 atom stereocenters. The zero-order valence-electron chi connectivity index (χ0n) is 23.4. The van der Waals surface area contributed by atoms with E-state index in [9.17, 15) is 22.4 Å². The number of nitrogens with one attached hydrogen (secondary N) is 1. The van der Waals surface area contributed by atoms with Crippen molar-refractivity contribution in [1.29, 1.82) is 0 Å². The van der Waals surface area contributed by atoms with Gasteiger partial charge in [0.1, 0.15) is 24.2 Å². The van der Waals surface area contributed by atoms with Crippen molar-refractivity contribution in [2.75, 3.05) is 18.0 Å². The van der Waals surface area contributed by atoms with Crippen molar-refractivity contribution in [3.63, 3.8) is 0 Å². The van der Waals surface area contributed by atoms with E-state index in [2.05, 4.69) is 5.32 Å². The van der Waals surface area contributed by atoms with Gasteiger partial charge in [0.25, 0.3) is 10.0 Å². The summed E-state index contributed by atoms with van der Waals surface area (Å²) in [5, 5.41) is 2.88. The van der Waals surface area contributed by atoms with Crippen LogP contribution in [0.15, 0.2) is 77.7 Å². The minimum absolute atomic E-state index is 0.000920. The van der Waals surface area contributed by atoms with Gasteiger partial charge in [-0.1, -0.05) is 43.3 Å². The number of hydrogen-bond acceptors (Lipinski definition) is 5. The van der Waals surface area contributed by atoms with E-state index in [4.69, 9.17) is 4.74 Å². The van der Waals surface area contributed by atoms with Crippen LogP contribution in [0.2, 0.25) is 0 Å². The first-order valence-electron chi connectivity index (χ1n) is 13.0. The Hall–Kier alpha value is -3.92. The van der Waals surface area contributed by atoms with Gasteiger partial charge in [-0.05, 0) is 74.7 Å². The van der Waals surface area contributed by atoms with Crippen molar-refractivity contribution in [2.45, 2.75) is 57.6 Å². The Bertz CT molecular complexity index is 1420. The van der Waals surface area contributed by atoms with Gasteiger partial charge in [0, 0.05) is 12.6 Å². The number of rotatable bonds is 12. The average Bonchev–Trinajstić information content (AvgIpc) is 2.95. The number of methoxy groups -OCH3 is 1. The normalized spacial score (nSPS) is 12.8. The summed E-state index contributed by atoms with van der Waals surface area (Å²) in [4.78, 5) is 28.4. The number of amides is 2. The molecule has 3 rings (SSSR count). The van der Waals surface area contributed by atoms with E-state index in [0.29, 0.717) is 12.0 Å². The molecular formula is C30H36FN3O5S. The van der Waals surface area contributed by atoms with Crippen molar-refractivity contribution in [3.05, 3.63) is 89.7 Å². The molecule has 3 aromatic rings. The number of carbonyl (C=O) groups is 2.